The third kappa shape index (κ3) is 15.5. The second-order valence-electron chi connectivity index (χ2n) is 25.5. The van der Waals surface area contributed by atoms with Crippen molar-refractivity contribution in [3.8, 4) is 17.2 Å². The number of amides is 3. The van der Waals surface area contributed by atoms with Gasteiger partial charge in [-0.2, -0.15) is 0 Å². The Bertz CT molecular complexity index is 3370. The fourth-order valence-electron chi connectivity index (χ4n) is 12.2. The lowest BCUT2D eigenvalue weighted by molar-refractivity contribution is -0.157. The van der Waals surface area contributed by atoms with Gasteiger partial charge in [0.1, 0.15) is 51.5 Å². The van der Waals surface area contributed by atoms with Crippen molar-refractivity contribution >= 4 is 58.3 Å². The largest absolute Gasteiger partial charge is 0.507 e. The summed E-state index contributed by atoms with van der Waals surface area (Å²) in [5.74, 6) is -9.59. The van der Waals surface area contributed by atoms with Crippen molar-refractivity contribution < 1.29 is 93.3 Å². The number of alkyl carbamates (subject to hydrolysis) is 1. The van der Waals surface area contributed by atoms with Crippen LogP contribution >= 0.6 is 11.6 Å². The van der Waals surface area contributed by atoms with E-state index in [1.54, 1.807) is 80.7 Å². The number of benzene rings is 2. The number of epoxide rings is 1. The van der Waals surface area contributed by atoms with Gasteiger partial charge in [0.2, 0.25) is 5.91 Å². The average molecular weight is 1280 g/mol. The molecule has 22 nitrogen and oxygen atoms in total. The van der Waals surface area contributed by atoms with Crippen molar-refractivity contribution in [2.75, 3.05) is 26.2 Å². The SMILES string of the molecule is C/C1=C/C=C/[C@H](C)[C@H](O)[C@@H](C)[C@@H](O)[C@@H](C)[C@H](O)[C@H](C)[C@@H](O)C(C)/C=C(/C)C(=O)C2=c3c(O)cc(c(O)c3C(O)C(C)C2=O)=NC1=O.COc1cc2cc(c1Cl)N(C)C(=O)C[C@H](OC(=O)C(C)C)[C@@]1(C)O[C@H]1[C@H](C)[C@@H]1C[C@@](O)(NC(=O)O1)[C@H](OC)/C=C/C=C(/C)C2. The van der Waals surface area contributed by atoms with Crippen molar-refractivity contribution in [3.63, 3.8) is 0 Å². The van der Waals surface area contributed by atoms with Crippen molar-refractivity contribution in [3.05, 3.63) is 104 Å². The number of nitrogens with one attached hydrogen (secondary N) is 1. The van der Waals surface area contributed by atoms with E-state index < -0.39 is 160 Å². The highest BCUT2D eigenvalue weighted by Crippen LogP contribution is 2.49. The second-order valence-corrected chi connectivity index (χ2v) is 25.9. The molecule has 23 heteroatoms. The Hall–Kier alpha value is -6.60. The number of phenols is 2. The number of allylic oxidation sites excluding steroid dienone is 6. The first-order valence-electron chi connectivity index (χ1n) is 30.3. The number of phenolic OH excluding ortho intramolecular Hbond substituents is 2. The minimum atomic E-state index is -1.77. The Kier molecular flexibility index (Phi) is 23.6. The van der Waals surface area contributed by atoms with E-state index in [0.29, 0.717) is 17.9 Å². The molecule has 3 unspecified atom stereocenters. The molecular weight excluding hydrogens is 1190 g/mol. The van der Waals surface area contributed by atoms with Crippen LogP contribution in [0.3, 0.4) is 0 Å². The monoisotopic (exact) mass is 1280 g/mol. The van der Waals surface area contributed by atoms with E-state index in [9.17, 15) is 69.6 Å². The summed E-state index contributed by atoms with van der Waals surface area (Å²) >= 11 is 6.68. The number of halogens is 1. The number of Topliss-reactive ketones (excluding diaryl/α,β-unsaturated/α-hetero) is 2. The van der Waals surface area contributed by atoms with E-state index in [2.05, 4.69) is 10.3 Å². The Labute approximate surface area is 530 Å². The van der Waals surface area contributed by atoms with Crippen molar-refractivity contribution in [2.24, 2.45) is 52.3 Å². The highest BCUT2D eigenvalue weighted by molar-refractivity contribution is 6.46. The van der Waals surface area contributed by atoms with Gasteiger partial charge in [-0.1, -0.05) is 122 Å². The molecule has 3 amide bonds. The number of ether oxygens (including phenoxy) is 5. The molecule has 494 valence electrons. The van der Waals surface area contributed by atoms with Gasteiger partial charge in [-0.05, 0) is 57.4 Å². The fraction of sp³-hybridized carbons (Fsp3) is 0.567. The molecule has 0 aromatic heterocycles. The Morgan fingerprint density at radius 2 is 1.42 bits per heavy atom. The summed E-state index contributed by atoms with van der Waals surface area (Å²) in [6.45, 7) is 21.4. The molecule has 0 spiro atoms. The van der Waals surface area contributed by atoms with Gasteiger partial charge in [-0.15, -0.1) is 0 Å². The number of fused-ring (bicyclic) bond motifs is 20. The van der Waals surface area contributed by atoms with Crippen LogP contribution in [0.1, 0.15) is 120 Å². The van der Waals surface area contributed by atoms with Crippen LogP contribution in [-0.4, -0.2) is 158 Å². The lowest BCUT2D eigenvalue weighted by Gasteiger charge is -2.42. The molecule has 1 aliphatic carbocycles. The number of carbonyl (C=O) groups is 6. The standard InChI is InChI=1S/C35H47NO10.C32H43ClN2O9/c1-14-10-9-11-15(2)35(46)36-22-13-23(37)24-25(32(43)21(8)33(44)26(24)34(22)45)29(40)17(4)12-16(3)28(39)19(6)31(42)20(7)30(41)18(5)27(14)38;1-17(2)29(37)43-25-15-26(36)35(6)21-13-20(14-22(40-7)27(21)33)12-18(3)10-9-11-24(41-8)32(39)16-23(42-30(38)34-32)19(4)28-31(25,5)44-28/h9-14,16,18-21,27-28,30-31,33,37-39,41-42,44-45H,1-8H3;9-11,13-14,17,19,23-25,28,39H,12,15-16H2,1-8H3,(H,34,38)/b10-9+,15-11-,17-12-,36-22?;11-9+,18-10-/t14-,16?,18+,19+,20+,21?,27-,28-,30+,31+,33?;19-,23+,24-,25+,28+,31-,32+/m01/s1. The average Bonchev–Trinajstić information content (AvgIpc) is 1.37. The van der Waals surface area contributed by atoms with Gasteiger partial charge in [0, 0.05) is 78.5 Å². The van der Waals surface area contributed by atoms with Crippen LogP contribution in [0.25, 0.3) is 5.57 Å². The molecule has 2 fully saturated rings. The van der Waals surface area contributed by atoms with E-state index in [4.69, 9.17) is 35.3 Å². The topological polar surface area (TPSA) is 341 Å². The number of rotatable bonds is 4. The molecule has 0 saturated carbocycles. The summed E-state index contributed by atoms with van der Waals surface area (Å²) in [5.41, 5.74) is -1.22. The molecule has 2 aromatic carbocycles. The first-order chi connectivity index (χ1) is 42.0. The first kappa shape index (κ1) is 72.5. The maximum absolute atomic E-state index is 13.8. The number of hydrogen-bond donors (Lipinski definition) is 9. The smallest absolute Gasteiger partial charge is 0.409 e. The Morgan fingerprint density at radius 1 is 0.822 bits per heavy atom. The zero-order valence-electron chi connectivity index (χ0n) is 54.1. The van der Waals surface area contributed by atoms with E-state index in [1.165, 1.54) is 58.1 Å². The fourth-order valence-corrected chi connectivity index (χ4v) is 12.5. The molecule has 9 N–H and O–H groups in total. The quantitative estimate of drug-likeness (QED) is 0.102. The molecule has 90 heavy (non-hydrogen) atoms. The van der Waals surface area contributed by atoms with E-state index in [0.717, 1.165) is 17.2 Å². The predicted octanol–water partition coefficient (Wildman–Crippen LogP) is 5.63. The number of aromatic hydroxyl groups is 2. The first-order valence-corrected chi connectivity index (χ1v) is 30.7. The number of anilines is 1. The van der Waals surface area contributed by atoms with E-state index in [-0.39, 0.29) is 51.1 Å². The third-order valence-corrected chi connectivity index (χ3v) is 18.8. The predicted molar refractivity (Wildman–Crippen MR) is 333 cm³/mol. The number of aliphatic hydroxyl groups is 6. The molecule has 8 rings (SSSR count). The maximum atomic E-state index is 13.8. The van der Waals surface area contributed by atoms with Crippen LogP contribution in [-0.2, 0) is 49.3 Å². The van der Waals surface area contributed by atoms with Crippen LogP contribution in [0.4, 0.5) is 10.5 Å². The molecule has 5 aliphatic heterocycles. The number of nitrogens with zero attached hydrogens (tertiary/aromatic N) is 2. The van der Waals surface area contributed by atoms with Gasteiger partial charge in [0.05, 0.1) is 73.3 Å². The van der Waals surface area contributed by atoms with E-state index >= 15 is 0 Å². The van der Waals surface area contributed by atoms with Gasteiger partial charge < -0.3 is 69.4 Å². The number of esters is 1. The highest BCUT2D eigenvalue weighted by Gasteiger charge is 2.64. The summed E-state index contributed by atoms with van der Waals surface area (Å²) < 4.78 is 28.8. The molecule has 0 radical (unpaired) electrons. The van der Waals surface area contributed by atoms with Crippen LogP contribution in [0.5, 0.6) is 17.2 Å². The summed E-state index contributed by atoms with van der Waals surface area (Å²) in [5, 5.41) is 91.1. The van der Waals surface area contributed by atoms with Crippen molar-refractivity contribution in [1.82, 2.24) is 5.32 Å². The summed E-state index contributed by atoms with van der Waals surface area (Å²) in [4.78, 5) is 84.7. The van der Waals surface area contributed by atoms with E-state index in [1.807, 2.05) is 32.1 Å². The highest BCUT2D eigenvalue weighted by atomic mass is 35.5. The lowest BCUT2D eigenvalue weighted by Crippen LogP contribution is -2.63. The van der Waals surface area contributed by atoms with Crippen LogP contribution in [0, 0.1) is 47.3 Å². The molecule has 2 saturated heterocycles. The number of carbonyl (C=O) groups excluding carboxylic acids is 6. The van der Waals surface area contributed by atoms with Crippen molar-refractivity contribution in [1.29, 1.82) is 0 Å². The van der Waals surface area contributed by atoms with Gasteiger partial charge in [0.15, 0.2) is 17.3 Å². The van der Waals surface area contributed by atoms with Gasteiger partial charge in [0.25, 0.3) is 5.91 Å². The summed E-state index contributed by atoms with van der Waals surface area (Å²) in [6, 6.07) is 4.57. The Morgan fingerprint density at radius 3 is 2.02 bits per heavy atom. The minimum absolute atomic E-state index is 0.00361. The molecule has 18 atom stereocenters. The normalized spacial score (nSPS) is 36.6. The zero-order valence-corrected chi connectivity index (χ0v) is 54.8. The van der Waals surface area contributed by atoms with Crippen LogP contribution in [0.15, 0.2) is 82.4 Å². The van der Waals surface area contributed by atoms with Gasteiger partial charge in [-0.25, -0.2) is 9.79 Å². The second kappa shape index (κ2) is 29.3. The number of hydrogen-bond acceptors (Lipinski definition) is 19. The van der Waals surface area contributed by atoms with Crippen molar-refractivity contribution in [2.45, 2.75) is 176 Å². The Balaban J connectivity index is 0.000000287. The van der Waals surface area contributed by atoms with Crippen LogP contribution < -0.4 is 25.5 Å². The zero-order chi connectivity index (χ0) is 67.5. The summed E-state index contributed by atoms with van der Waals surface area (Å²) in [6.07, 6.45) is 1.50. The van der Waals surface area contributed by atoms with Crippen LogP contribution in [0.2, 0.25) is 5.02 Å². The lowest BCUT2D eigenvalue weighted by atomic mass is 9.76. The minimum Gasteiger partial charge on any atom is -0.507 e. The molecule has 6 aliphatic rings. The van der Waals surface area contributed by atoms with Gasteiger partial charge in [-0.3, -0.25) is 29.3 Å². The molecule has 8 bridgehead atoms. The molecule has 2 aromatic rings. The number of ketones is 2. The molecular formula is C67H90ClN3O19. The third-order valence-electron chi connectivity index (χ3n) is 18.4. The number of aliphatic hydroxyl groups excluding tert-OH is 5. The maximum Gasteiger partial charge on any atom is 0.409 e. The molecule has 5 heterocycles. The summed E-state index contributed by atoms with van der Waals surface area (Å²) in [7, 11) is 4.56. The number of methoxy groups -OCH3 is 2. The van der Waals surface area contributed by atoms with Gasteiger partial charge >= 0.3 is 12.1 Å².